The molecule has 0 atom stereocenters. The van der Waals surface area contributed by atoms with Gasteiger partial charge in [0.15, 0.2) is 0 Å². The monoisotopic (exact) mass is 678 g/mol. The number of rotatable bonds is 6. The molecule has 0 radical (unpaired) electrons. The molecule has 0 spiro atoms. The number of hydrogen-bond donors (Lipinski definition) is 0. The van der Waals surface area contributed by atoms with Crippen molar-refractivity contribution in [3.63, 3.8) is 0 Å². The lowest BCUT2D eigenvalue weighted by Gasteiger charge is -2.29. The lowest BCUT2D eigenvalue weighted by atomic mass is 9.82. The minimum Gasteiger partial charge on any atom is -0.310 e. The van der Waals surface area contributed by atoms with Crippen LogP contribution in [0.15, 0.2) is 194 Å². The van der Waals surface area contributed by atoms with Gasteiger partial charge in [-0.1, -0.05) is 159 Å². The van der Waals surface area contributed by atoms with E-state index >= 15 is 0 Å². The van der Waals surface area contributed by atoms with Crippen molar-refractivity contribution in [1.82, 2.24) is 4.57 Å². The average molecular weight is 679 g/mol. The fraction of sp³-hybridized carbons (Fsp3) is 0.0588. The molecule has 1 aliphatic rings. The Labute approximate surface area is 310 Å². The maximum atomic E-state index is 2.48. The smallest absolute Gasteiger partial charge is 0.0640 e. The predicted molar refractivity (Wildman–Crippen MR) is 224 cm³/mol. The highest BCUT2D eigenvalue weighted by atomic mass is 15.1. The van der Waals surface area contributed by atoms with E-state index in [-0.39, 0.29) is 5.41 Å². The van der Waals surface area contributed by atoms with E-state index < -0.39 is 0 Å². The summed E-state index contributed by atoms with van der Waals surface area (Å²) in [5.41, 5.74) is 17.0. The minimum absolute atomic E-state index is 0.124. The van der Waals surface area contributed by atoms with Crippen LogP contribution in [0.5, 0.6) is 0 Å². The van der Waals surface area contributed by atoms with Crippen LogP contribution < -0.4 is 4.90 Å². The van der Waals surface area contributed by atoms with E-state index in [0.29, 0.717) is 0 Å². The molecular weight excluding hydrogens is 641 g/mol. The lowest BCUT2D eigenvalue weighted by Crippen LogP contribution is -2.16. The van der Waals surface area contributed by atoms with E-state index in [9.17, 15) is 0 Å². The lowest BCUT2D eigenvalue weighted by molar-refractivity contribution is 0.660. The molecule has 0 N–H and O–H groups in total. The van der Waals surface area contributed by atoms with E-state index in [1.54, 1.807) is 0 Å². The van der Waals surface area contributed by atoms with E-state index in [4.69, 9.17) is 0 Å². The molecule has 0 saturated heterocycles. The van der Waals surface area contributed by atoms with Gasteiger partial charge in [-0.25, -0.2) is 0 Å². The summed E-state index contributed by atoms with van der Waals surface area (Å²) < 4.78 is 2.45. The SMILES string of the molecule is CC1(C)c2ccccc2-c2ccc(N(c3ccc(-c4ccccc4)cc3)c3ccc(-c4ccccc4)c4c3c3ccccc3n4-c3ccccc3)cc21. The molecule has 0 saturated carbocycles. The summed E-state index contributed by atoms with van der Waals surface area (Å²) >= 11 is 0. The van der Waals surface area contributed by atoms with Gasteiger partial charge in [0.1, 0.15) is 0 Å². The van der Waals surface area contributed by atoms with Gasteiger partial charge in [0.2, 0.25) is 0 Å². The molecule has 10 rings (SSSR count). The first-order valence-corrected chi connectivity index (χ1v) is 18.4. The van der Waals surface area contributed by atoms with Gasteiger partial charge >= 0.3 is 0 Å². The zero-order chi connectivity index (χ0) is 35.5. The number of fused-ring (bicyclic) bond motifs is 6. The second-order valence-corrected chi connectivity index (χ2v) is 14.6. The molecule has 2 heteroatoms. The van der Waals surface area contributed by atoms with Crippen LogP contribution in [-0.4, -0.2) is 4.57 Å². The minimum atomic E-state index is -0.124. The van der Waals surface area contributed by atoms with Crippen LogP contribution in [0.4, 0.5) is 17.1 Å². The summed E-state index contributed by atoms with van der Waals surface area (Å²) in [6.07, 6.45) is 0. The number of benzene rings is 8. The topological polar surface area (TPSA) is 8.17 Å². The standard InChI is InChI=1S/C51H38N2/c1-51(2)45-24-14-12-22-42(45)43-31-30-40(34-46(43)51)52(39-28-26-36(27-29-39)35-16-6-3-7-17-35)48-33-32-41(37-18-8-4-9-19-37)50-49(48)44-23-13-15-25-47(44)53(50)38-20-10-5-11-21-38/h3-34H,1-2H3. The molecule has 8 aromatic carbocycles. The molecule has 2 nitrogen and oxygen atoms in total. The zero-order valence-corrected chi connectivity index (χ0v) is 29.9. The van der Waals surface area contributed by atoms with Crippen molar-refractivity contribution >= 4 is 38.9 Å². The van der Waals surface area contributed by atoms with E-state index in [0.717, 1.165) is 22.7 Å². The molecule has 9 aromatic rings. The Kier molecular flexibility index (Phi) is 7.19. The first-order valence-electron chi connectivity index (χ1n) is 18.4. The Morgan fingerprint density at radius 1 is 0.434 bits per heavy atom. The molecule has 1 aromatic heterocycles. The third-order valence-corrected chi connectivity index (χ3v) is 11.2. The molecule has 0 unspecified atom stereocenters. The van der Waals surface area contributed by atoms with Crippen molar-refractivity contribution in [1.29, 1.82) is 0 Å². The summed E-state index contributed by atoms with van der Waals surface area (Å²) in [4.78, 5) is 2.48. The Hall–Kier alpha value is -6.64. The second kappa shape index (κ2) is 12.3. The summed E-state index contributed by atoms with van der Waals surface area (Å²) in [7, 11) is 0. The van der Waals surface area contributed by atoms with Crippen LogP contribution in [0.3, 0.4) is 0 Å². The molecule has 0 aliphatic heterocycles. The van der Waals surface area contributed by atoms with Gasteiger partial charge in [-0.15, -0.1) is 0 Å². The fourth-order valence-electron chi connectivity index (χ4n) is 8.65. The van der Waals surface area contributed by atoms with Crippen LogP contribution in [0, 0.1) is 0 Å². The largest absolute Gasteiger partial charge is 0.310 e. The normalized spacial score (nSPS) is 12.9. The molecule has 53 heavy (non-hydrogen) atoms. The summed E-state index contributed by atoms with van der Waals surface area (Å²) in [6, 6.07) is 70.8. The Balaban J connectivity index is 1.28. The zero-order valence-electron chi connectivity index (χ0n) is 29.9. The van der Waals surface area contributed by atoms with Crippen molar-refractivity contribution in [2.75, 3.05) is 4.90 Å². The Morgan fingerprint density at radius 3 is 1.75 bits per heavy atom. The first-order chi connectivity index (χ1) is 26.1. The molecule has 1 heterocycles. The molecule has 0 fully saturated rings. The Morgan fingerprint density at radius 2 is 1.00 bits per heavy atom. The predicted octanol–water partition coefficient (Wildman–Crippen LogP) is 13.9. The molecule has 252 valence electrons. The van der Waals surface area contributed by atoms with Crippen molar-refractivity contribution in [2.24, 2.45) is 0 Å². The van der Waals surface area contributed by atoms with Gasteiger partial charge in [-0.05, 0) is 87.5 Å². The highest BCUT2D eigenvalue weighted by Crippen LogP contribution is 2.52. The number of hydrogen-bond acceptors (Lipinski definition) is 1. The van der Waals surface area contributed by atoms with Crippen molar-refractivity contribution < 1.29 is 0 Å². The third-order valence-electron chi connectivity index (χ3n) is 11.2. The van der Waals surface area contributed by atoms with E-state index in [1.807, 2.05) is 0 Å². The first kappa shape index (κ1) is 31.1. The van der Waals surface area contributed by atoms with Gasteiger partial charge < -0.3 is 9.47 Å². The summed E-state index contributed by atoms with van der Waals surface area (Å²) in [5, 5.41) is 2.44. The van der Waals surface area contributed by atoms with Crippen LogP contribution in [0.1, 0.15) is 25.0 Å². The molecule has 0 amide bonds. The van der Waals surface area contributed by atoms with Crippen LogP contribution in [0.25, 0.3) is 60.9 Å². The van der Waals surface area contributed by atoms with E-state index in [1.165, 1.54) is 66.3 Å². The van der Waals surface area contributed by atoms with Crippen LogP contribution >= 0.6 is 0 Å². The molecule has 0 bridgehead atoms. The number of anilines is 3. The third kappa shape index (κ3) is 4.94. The summed E-state index contributed by atoms with van der Waals surface area (Å²) in [5.74, 6) is 0. The van der Waals surface area contributed by atoms with Crippen LogP contribution in [-0.2, 0) is 5.41 Å². The van der Waals surface area contributed by atoms with Crippen LogP contribution in [0.2, 0.25) is 0 Å². The maximum Gasteiger partial charge on any atom is 0.0640 e. The van der Waals surface area contributed by atoms with Gasteiger partial charge in [0.25, 0.3) is 0 Å². The van der Waals surface area contributed by atoms with Crippen molar-refractivity contribution in [3.05, 3.63) is 205 Å². The highest BCUT2D eigenvalue weighted by molar-refractivity contribution is 6.20. The summed E-state index contributed by atoms with van der Waals surface area (Å²) in [6.45, 7) is 4.72. The van der Waals surface area contributed by atoms with Gasteiger partial charge in [0, 0.05) is 38.8 Å². The second-order valence-electron chi connectivity index (χ2n) is 14.6. The van der Waals surface area contributed by atoms with Gasteiger partial charge in [0.05, 0.1) is 16.7 Å². The highest BCUT2D eigenvalue weighted by Gasteiger charge is 2.36. The fourth-order valence-corrected chi connectivity index (χ4v) is 8.65. The van der Waals surface area contributed by atoms with E-state index in [2.05, 4.69) is 217 Å². The van der Waals surface area contributed by atoms with Gasteiger partial charge in [-0.3, -0.25) is 0 Å². The number of para-hydroxylation sites is 2. The van der Waals surface area contributed by atoms with Gasteiger partial charge in [-0.2, -0.15) is 0 Å². The average Bonchev–Trinajstić information content (AvgIpc) is 3.68. The Bertz CT molecular complexity index is 2780. The van der Waals surface area contributed by atoms with Crippen molar-refractivity contribution in [3.8, 4) is 39.1 Å². The quantitative estimate of drug-likeness (QED) is 0.170. The number of nitrogens with zero attached hydrogens (tertiary/aromatic N) is 2. The molecule has 1 aliphatic carbocycles. The molecular formula is C51H38N2. The number of aromatic nitrogens is 1. The maximum absolute atomic E-state index is 2.48. The van der Waals surface area contributed by atoms with Crippen molar-refractivity contribution in [2.45, 2.75) is 19.3 Å².